The second kappa shape index (κ2) is 5.93. The Hall–Kier alpha value is -1.06. The van der Waals surface area contributed by atoms with Gasteiger partial charge in [0, 0.05) is 24.6 Å². The van der Waals surface area contributed by atoms with Gasteiger partial charge in [0.25, 0.3) is 0 Å². The van der Waals surface area contributed by atoms with Gasteiger partial charge >= 0.3 is 0 Å². The van der Waals surface area contributed by atoms with E-state index in [4.69, 9.17) is 4.74 Å². The summed E-state index contributed by atoms with van der Waals surface area (Å²) in [6.45, 7) is 4.40. The maximum Gasteiger partial charge on any atom is 0.124 e. The Kier molecular flexibility index (Phi) is 4.04. The van der Waals surface area contributed by atoms with E-state index in [1.807, 2.05) is 0 Å². The molecule has 0 bridgehead atoms. The zero-order valence-electron chi connectivity index (χ0n) is 11.8. The molecule has 0 aliphatic carbocycles. The molecule has 3 heteroatoms. The van der Waals surface area contributed by atoms with Gasteiger partial charge < -0.3 is 10.1 Å². The van der Waals surface area contributed by atoms with Crippen molar-refractivity contribution in [3.05, 3.63) is 29.8 Å². The van der Waals surface area contributed by atoms with Crippen molar-refractivity contribution in [3.63, 3.8) is 0 Å². The molecule has 1 N–H and O–H groups in total. The Morgan fingerprint density at radius 2 is 2.21 bits per heavy atom. The van der Waals surface area contributed by atoms with Crippen LogP contribution in [0.15, 0.2) is 24.3 Å². The van der Waals surface area contributed by atoms with Crippen molar-refractivity contribution in [3.8, 4) is 5.75 Å². The van der Waals surface area contributed by atoms with Gasteiger partial charge in [-0.3, -0.25) is 4.90 Å². The first-order chi connectivity index (χ1) is 9.34. The molecule has 2 unspecified atom stereocenters. The Morgan fingerprint density at radius 3 is 3.05 bits per heavy atom. The van der Waals surface area contributed by atoms with Crippen LogP contribution >= 0.6 is 0 Å². The highest BCUT2D eigenvalue weighted by atomic mass is 16.5. The second-order valence-corrected chi connectivity index (χ2v) is 5.84. The molecular weight excluding hydrogens is 236 g/mol. The summed E-state index contributed by atoms with van der Waals surface area (Å²) >= 11 is 0. The van der Waals surface area contributed by atoms with Crippen molar-refractivity contribution >= 4 is 0 Å². The van der Waals surface area contributed by atoms with Crippen LogP contribution in [0.25, 0.3) is 0 Å². The number of fused-ring (bicyclic) bond motifs is 1. The Bertz CT molecular complexity index is 415. The molecule has 2 atom stereocenters. The third kappa shape index (κ3) is 2.93. The fourth-order valence-electron chi connectivity index (χ4n) is 3.40. The molecule has 19 heavy (non-hydrogen) atoms. The van der Waals surface area contributed by atoms with Crippen molar-refractivity contribution in [1.82, 2.24) is 10.2 Å². The normalized spacial score (nSPS) is 26.8. The minimum absolute atomic E-state index is 0.520. The predicted octanol–water partition coefficient (Wildman–Crippen LogP) is 2.44. The molecule has 3 rings (SSSR count). The SMILES string of the molecule is CN(CC1CCCNC1)C1CCOc2ccccc21. The summed E-state index contributed by atoms with van der Waals surface area (Å²) in [4.78, 5) is 2.53. The molecular formula is C16H24N2O. The third-order valence-corrected chi connectivity index (χ3v) is 4.40. The zero-order chi connectivity index (χ0) is 13.1. The average molecular weight is 260 g/mol. The molecule has 104 valence electrons. The maximum absolute atomic E-state index is 5.75. The van der Waals surface area contributed by atoms with E-state index in [0.717, 1.165) is 24.7 Å². The molecule has 3 nitrogen and oxygen atoms in total. The van der Waals surface area contributed by atoms with Gasteiger partial charge in [-0.1, -0.05) is 18.2 Å². The largest absolute Gasteiger partial charge is 0.493 e. The van der Waals surface area contributed by atoms with Crippen molar-refractivity contribution in [1.29, 1.82) is 0 Å². The maximum atomic E-state index is 5.75. The average Bonchev–Trinajstić information content (AvgIpc) is 2.47. The van der Waals surface area contributed by atoms with Gasteiger partial charge in [0.2, 0.25) is 0 Å². The predicted molar refractivity (Wildman–Crippen MR) is 77.5 cm³/mol. The molecule has 0 spiro atoms. The summed E-state index contributed by atoms with van der Waals surface area (Å²) in [6, 6.07) is 9.02. The molecule has 0 radical (unpaired) electrons. The highest BCUT2D eigenvalue weighted by Crippen LogP contribution is 2.35. The number of benzene rings is 1. The summed E-state index contributed by atoms with van der Waals surface area (Å²) in [5.74, 6) is 1.88. The van der Waals surface area contributed by atoms with Crippen LogP contribution in [-0.2, 0) is 0 Å². The van der Waals surface area contributed by atoms with Crippen molar-refractivity contribution in [2.75, 3.05) is 33.3 Å². The van der Waals surface area contributed by atoms with Gasteiger partial charge in [0.15, 0.2) is 0 Å². The van der Waals surface area contributed by atoms with Crippen LogP contribution in [0.3, 0.4) is 0 Å². The minimum atomic E-state index is 0.520. The first-order valence-electron chi connectivity index (χ1n) is 7.47. The van der Waals surface area contributed by atoms with Gasteiger partial charge in [-0.2, -0.15) is 0 Å². The van der Waals surface area contributed by atoms with Crippen LogP contribution in [0.2, 0.25) is 0 Å². The monoisotopic (exact) mass is 260 g/mol. The Labute approximate surface area is 115 Å². The molecule has 0 saturated carbocycles. The molecule has 2 aliphatic heterocycles. The first kappa shape index (κ1) is 12.9. The molecule has 1 saturated heterocycles. The number of piperidine rings is 1. The van der Waals surface area contributed by atoms with Gasteiger partial charge in [-0.05, 0) is 45.0 Å². The van der Waals surface area contributed by atoms with Crippen LogP contribution in [0.1, 0.15) is 30.9 Å². The van der Waals surface area contributed by atoms with E-state index in [1.165, 1.54) is 38.0 Å². The summed E-state index contributed by atoms with van der Waals surface area (Å²) < 4.78 is 5.75. The van der Waals surface area contributed by atoms with E-state index < -0.39 is 0 Å². The van der Waals surface area contributed by atoms with E-state index in [0.29, 0.717) is 6.04 Å². The number of nitrogens with zero attached hydrogens (tertiary/aromatic N) is 1. The molecule has 2 aliphatic rings. The summed E-state index contributed by atoms with van der Waals surface area (Å²) in [7, 11) is 2.27. The highest BCUT2D eigenvalue weighted by Gasteiger charge is 2.26. The van der Waals surface area contributed by atoms with Crippen LogP contribution in [0.5, 0.6) is 5.75 Å². The van der Waals surface area contributed by atoms with E-state index in [-0.39, 0.29) is 0 Å². The number of rotatable bonds is 3. The van der Waals surface area contributed by atoms with Gasteiger partial charge in [-0.25, -0.2) is 0 Å². The van der Waals surface area contributed by atoms with Gasteiger partial charge in [0.1, 0.15) is 5.75 Å². The molecule has 1 aromatic rings. The van der Waals surface area contributed by atoms with Gasteiger partial charge in [-0.15, -0.1) is 0 Å². The van der Waals surface area contributed by atoms with Gasteiger partial charge in [0.05, 0.1) is 6.61 Å². The molecule has 1 fully saturated rings. The molecule has 1 aromatic carbocycles. The third-order valence-electron chi connectivity index (χ3n) is 4.40. The number of nitrogens with one attached hydrogen (secondary N) is 1. The summed E-state index contributed by atoms with van der Waals surface area (Å²) in [6.07, 6.45) is 3.79. The first-order valence-corrected chi connectivity index (χ1v) is 7.47. The Balaban J connectivity index is 1.68. The standard InChI is InChI=1S/C16H24N2O/c1-18(12-13-5-4-9-17-11-13)15-8-10-19-16-7-3-2-6-14(15)16/h2-3,6-7,13,15,17H,4-5,8-12H2,1H3. The fraction of sp³-hybridized carbons (Fsp3) is 0.625. The zero-order valence-corrected chi connectivity index (χ0v) is 11.8. The van der Waals surface area contributed by atoms with Crippen LogP contribution in [0.4, 0.5) is 0 Å². The number of ether oxygens (including phenoxy) is 1. The van der Waals surface area contributed by atoms with Crippen LogP contribution in [0, 0.1) is 5.92 Å². The van der Waals surface area contributed by atoms with E-state index >= 15 is 0 Å². The van der Waals surface area contributed by atoms with E-state index in [1.54, 1.807) is 0 Å². The molecule has 0 aromatic heterocycles. The second-order valence-electron chi connectivity index (χ2n) is 5.84. The summed E-state index contributed by atoms with van der Waals surface area (Å²) in [5, 5.41) is 3.51. The lowest BCUT2D eigenvalue weighted by atomic mass is 9.95. The number of para-hydroxylation sites is 1. The number of hydrogen-bond donors (Lipinski definition) is 1. The van der Waals surface area contributed by atoms with Crippen molar-refractivity contribution in [2.24, 2.45) is 5.92 Å². The highest BCUT2D eigenvalue weighted by molar-refractivity contribution is 5.37. The topological polar surface area (TPSA) is 24.5 Å². The summed E-state index contributed by atoms with van der Waals surface area (Å²) in [5.41, 5.74) is 1.36. The lowest BCUT2D eigenvalue weighted by Crippen LogP contribution is -2.39. The van der Waals surface area contributed by atoms with E-state index in [9.17, 15) is 0 Å². The number of hydrogen-bond acceptors (Lipinski definition) is 3. The lowest BCUT2D eigenvalue weighted by molar-refractivity contribution is 0.140. The van der Waals surface area contributed by atoms with Crippen LogP contribution < -0.4 is 10.1 Å². The lowest BCUT2D eigenvalue weighted by Gasteiger charge is -2.36. The van der Waals surface area contributed by atoms with E-state index in [2.05, 4.69) is 41.5 Å². The van der Waals surface area contributed by atoms with Crippen LogP contribution in [-0.4, -0.2) is 38.2 Å². The molecule has 2 heterocycles. The fourth-order valence-corrected chi connectivity index (χ4v) is 3.40. The molecule has 0 amide bonds. The van der Waals surface area contributed by atoms with Crippen molar-refractivity contribution < 1.29 is 4.74 Å². The minimum Gasteiger partial charge on any atom is -0.493 e. The quantitative estimate of drug-likeness (QED) is 0.903. The Morgan fingerprint density at radius 1 is 1.32 bits per heavy atom. The smallest absolute Gasteiger partial charge is 0.124 e. The van der Waals surface area contributed by atoms with Crippen molar-refractivity contribution in [2.45, 2.75) is 25.3 Å².